The van der Waals surface area contributed by atoms with E-state index in [1.54, 1.807) is 38.1 Å². The Balaban J connectivity index is 1.66. The molecule has 0 aliphatic carbocycles. The first-order chi connectivity index (χ1) is 14.2. The van der Waals surface area contributed by atoms with Crippen molar-refractivity contribution in [2.75, 3.05) is 4.72 Å². The molecule has 11 heteroatoms. The van der Waals surface area contributed by atoms with E-state index >= 15 is 0 Å². The van der Waals surface area contributed by atoms with Crippen molar-refractivity contribution >= 4 is 39.8 Å². The Bertz CT molecular complexity index is 1210. The molecule has 0 radical (unpaired) electrons. The molecular formula is C19H17N5O5S. The first-order valence-corrected chi connectivity index (χ1v) is 10.1. The quantitative estimate of drug-likeness (QED) is 0.343. The van der Waals surface area contributed by atoms with Gasteiger partial charge in [0.1, 0.15) is 10.7 Å². The van der Waals surface area contributed by atoms with Crippen LogP contribution in [0.1, 0.15) is 17.1 Å². The number of hydrogen-bond acceptors (Lipinski definition) is 8. The Morgan fingerprint density at radius 1 is 1.10 bits per heavy atom. The zero-order valence-corrected chi connectivity index (χ0v) is 16.8. The number of aryl methyl sites for hydroxylation is 2. The fourth-order valence-electron chi connectivity index (χ4n) is 2.46. The number of aromatic nitrogens is 2. The molecule has 30 heavy (non-hydrogen) atoms. The monoisotopic (exact) mass is 427 g/mol. The Kier molecular flexibility index (Phi) is 6.02. The molecule has 0 atom stereocenters. The second-order valence-corrected chi connectivity index (χ2v) is 7.83. The molecule has 0 saturated carbocycles. The van der Waals surface area contributed by atoms with Crippen LogP contribution in [0.15, 0.2) is 62.8 Å². The summed E-state index contributed by atoms with van der Waals surface area (Å²) < 4.78 is 32.3. The number of sulfonamides is 1. The third kappa shape index (κ3) is 5.35. The summed E-state index contributed by atoms with van der Waals surface area (Å²) in [5.41, 5.74) is 1.83. The van der Waals surface area contributed by atoms with Crippen LogP contribution in [0.4, 0.5) is 17.5 Å². The molecule has 10 nitrogen and oxygen atoms in total. The van der Waals surface area contributed by atoms with E-state index in [0.717, 1.165) is 0 Å². The normalized spacial score (nSPS) is 11.9. The zero-order valence-electron chi connectivity index (χ0n) is 16.0. The molecule has 154 valence electrons. The minimum absolute atomic E-state index is 0.0119. The maximum Gasteiger partial charge on any atom is 0.433 e. The van der Waals surface area contributed by atoms with Gasteiger partial charge in [-0.1, -0.05) is 0 Å². The largest absolute Gasteiger partial charge is 0.433 e. The van der Waals surface area contributed by atoms with E-state index < -0.39 is 14.9 Å². The lowest BCUT2D eigenvalue weighted by molar-refractivity contribution is -0.402. The molecule has 0 fully saturated rings. The van der Waals surface area contributed by atoms with Crippen molar-refractivity contribution in [3.63, 3.8) is 0 Å². The van der Waals surface area contributed by atoms with Gasteiger partial charge in [-0.25, -0.2) is 23.1 Å². The predicted octanol–water partition coefficient (Wildman–Crippen LogP) is 3.81. The highest BCUT2D eigenvalue weighted by molar-refractivity contribution is 7.92. The minimum Gasteiger partial charge on any atom is -0.401 e. The highest BCUT2D eigenvalue weighted by Gasteiger charge is 2.16. The van der Waals surface area contributed by atoms with Gasteiger partial charge in [-0.2, -0.15) is 0 Å². The number of aliphatic imine (C=N–C) groups is 1. The second-order valence-electron chi connectivity index (χ2n) is 6.14. The molecular weight excluding hydrogens is 410 g/mol. The smallest absolute Gasteiger partial charge is 0.401 e. The van der Waals surface area contributed by atoms with Gasteiger partial charge < -0.3 is 4.42 Å². The number of benzene rings is 1. The van der Waals surface area contributed by atoms with Crippen molar-refractivity contribution in [3.8, 4) is 0 Å². The summed E-state index contributed by atoms with van der Waals surface area (Å²) >= 11 is 0. The molecule has 0 unspecified atom stereocenters. The molecule has 0 spiro atoms. The Morgan fingerprint density at radius 2 is 1.77 bits per heavy atom. The number of nitrogens with zero attached hydrogens (tertiary/aromatic N) is 4. The van der Waals surface area contributed by atoms with Gasteiger partial charge in [-0.05, 0) is 62.4 Å². The van der Waals surface area contributed by atoms with Crippen LogP contribution >= 0.6 is 0 Å². The fourth-order valence-corrected chi connectivity index (χ4v) is 3.40. The lowest BCUT2D eigenvalue weighted by Crippen LogP contribution is -2.15. The Labute approximate surface area is 172 Å². The van der Waals surface area contributed by atoms with Gasteiger partial charge in [0.05, 0.1) is 16.6 Å². The number of rotatable bonds is 7. The molecule has 0 amide bonds. The molecule has 2 heterocycles. The van der Waals surface area contributed by atoms with Crippen LogP contribution in [-0.4, -0.2) is 29.5 Å². The van der Waals surface area contributed by atoms with Gasteiger partial charge in [0.25, 0.3) is 10.0 Å². The van der Waals surface area contributed by atoms with Crippen LogP contribution in [0.5, 0.6) is 0 Å². The Morgan fingerprint density at radius 3 is 2.37 bits per heavy atom. The molecule has 2 aromatic heterocycles. The zero-order chi connectivity index (χ0) is 21.7. The SMILES string of the molecule is Cc1cc(C)nc(NS(=O)(=O)c2ccc(N=C/C=C/c3ccc([N+](=O)[O-])o3)cc2)n1. The van der Waals surface area contributed by atoms with Crippen LogP contribution < -0.4 is 4.72 Å². The van der Waals surface area contributed by atoms with Crippen molar-refractivity contribution in [3.05, 3.63) is 75.8 Å². The van der Waals surface area contributed by atoms with Gasteiger partial charge in [-0.15, -0.1) is 0 Å². The van der Waals surface area contributed by atoms with Gasteiger partial charge in [0.15, 0.2) is 0 Å². The molecule has 3 aromatic rings. The number of furan rings is 1. The van der Waals surface area contributed by atoms with E-state index in [4.69, 9.17) is 4.42 Å². The fraction of sp³-hybridized carbons (Fsp3) is 0.105. The first kappa shape index (κ1) is 20.9. The van der Waals surface area contributed by atoms with Crippen molar-refractivity contribution in [2.45, 2.75) is 18.7 Å². The maximum absolute atomic E-state index is 12.5. The summed E-state index contributed by atoms with van der Waals surface area (Å²) in [5, 5.41) is 10.6. The number of nitro groups is 1. The average molecular weight is 427 g/mol. The van der Waals surface area contributed by atoms with E-state index in [0.29, 0.717) is 22.8 Å². The summed E-state index contributed by atoms with van der Waals surface area (Å²) in [6.45, 7) is 3.50. The molecule has 0 bridgehead atoms. The summed E-state index contributed by atoms with van der Waals surface area (Å²) in [4.78, 5) is 22.3. The van der Waals surface area contributed by atoms with Gasteiger partial charge >= 0.3 is 5.88 Å². The number of anilines is 1. The summed E-state index contributed by atoms with van der Waals surface area (Å²) in [5.74, 6) is -0.0182. The maximum atomic E-state index is 12.5. The second kappa shape index (κ2) is 8.66. The lowest BCUT2D eigenvalue weighted by Gasteiger charge is -2.08. The molecule has 1 aromatic carbocycles. The van der Waals surface area contributed by atoms with E-state index in [-0.39, 0.29) is 16.7 Å². The van der Waals surface area contributed by atoms with E-state index in [1.165, 1.54) is 36.6 Å². The lowest BCUT2D eigenvalue weighted by atomic mass is 10.3. The molecule has 3 rings (SSSR count). The van der Waals surface area contributed by atoms with Crippen molar-refractivity contribution in [2.24, 2.45) is 4.99 Å². The predicted molar refractivity (Wildman–Crippen MR) is 111 cm³/mol. The van der Waals surface area contributed by atoms with Crippen LogP contribution in [0.25, 0.3) is 6.08 Å². The van der Waals surface area contributed by atoms with Gasteiger partial charge in [0, 0.05) is 17.6 Å². The summed E-state index contributed by atoms with van der Waals surface area (Å²) in [6, 6.07) is 10.4. The van der Waals surface area contributed by atoms with Gasteiger partial charge in [0.2, 0.25) is 5.95 Å². The van der Waals surface area contributed by atoms with E-state index in [2.05, 4.69) is 19.7 Å². The molecule has 0 aliphatic rings. The average Bonchev–Trinajstić information content (AvgIpc) is 3.14. The Hall–Kier alpha value is -3.86. The number of allylic oxidation sites excluding steroid dienone is 1. The highest BCUT2D eigenvalue weighted by atomic mass is 32.2. The summed E-state index contributed by atoms with van der Waals surface area (Å²) in [7, 11) is -3.84. The summed E-state index contributed by atoms with van der Waals surface area (Å²) in [6.07, 6.45) is 4.52. The van der Waals surface area contributed by atoms with E-state index in [1.807, 2.05) is 0 Å². The third-order valence-corrected chi connectivity index (χ3v) is 5.06. The number of hydrogen-bond donors (Lipinski definition) is 1. The van der Waals surface area contributed by atoms with Crippen molar-refractivity contribution in [1.29, 1.82) is 0 Å². The first-order valence-electron chi connectivity index (χ1n) is 8.63. The van der Waals surface area contributed by atoms with Crippen molar-refractivity contribution in [1.82, 2.24) is 9.97 Å². The minimum atomic E-state index is -3.84. The number of nitrogens with one attached hydrogen (secondary N) is 1. The van der Waals surface area contributed by atoms with Crippen LogP contribution in [-0.2, 0) is 10.0 Å². The highest BCUT2D eigenvalue weighted by Crippen LogP contribution is 2.19. The van der Waals surface area contributed by atoms with Gasteiger partial charge in [-0.3, -0.25) is 15.1 Å². The molecule has 0 saturated heterocycles. The van der Waals surface area contributed by atoms with E-state index in [9.17, 15) is 18.5 Å². The molecule has 1 N–H and O–H groups in total. The van der Waals surface area contributed by atoms with Crippen LogP contribution in [0.3, 0.4) is 0 Å². The van der Waals surface area contributed by atoms with Crippen LogP contribution in [0, 0.1) is 24.0 Å². The van der Waals surface area contributed by atoms with Crippen molar-refractivity contribution < 1.29 is 17.8 Å². The molecule has 0 aliphatic heterocycles. The topological polar surface area (TPSA) is 141 Å². The third-order valence-electron chi connectivity index (χ3n) is 3.72. The standard InChI is InChI=1S/C19H17N5O5S/c1-13-12-14(2)22-19(21-13)23-30(27,28)17-8-5-15(6-9-17)20-11-3-4-16-7-10-18(29-16)24(25)26/h3-12H,1-2H3,(H,21,22,23)/b4-3+,20-11?. The van der Waals surface area contributed by atoms with Crippen LogP contribution in [0.2, 0.25) is 0 Å².